The van der Waals surface area contributed by atoms with E-state index in [9.17, 15) is 4.79 Å². The summed E-state index contributed by atoms with van der Waals surface area (Å²) < 4.78 is 5.20. The molecule has 0 fully saturated rings. The van der Waals surface area contributed by atoms with Gasteiger partial charge in [-0.25, -0.2) is 0 Å². The summed E-state index contributed by atoms with van der Waals surface area (Å²) in [7, 11) is 1.59. The van der Waals surface area contributed by atoms with Crippen molar-refractivity contribution in [3.63, 3.8) is 0 Å². The minimum absolute atomic E-state index is 0.220. The van der Waals surface area contributed by atoms with Crippen LogP contribution in [0.1, 0.15) is 10.4 Å². The summed E-state index contributed by atoms with van der Waals surface area (Å²) >= 11 is 6.05. The Balaban J connectivity index is 1.96. The molecule has 1 aromatic heterocycles. The van der Waals surface area contributed by atoms with Crippen LogP contribution < -0.4 is 10.1 Å². The van der Waals surface area contributed by atoms with Crippen LogP contribution in [0, 0.1) is 0 Å². The summed E-state index contributed by atoms with van der Waals surface area (Å²) in [6, 6.07) is 12.7. The molecule has 0 atom stereocenters. The molecule has 3 rings (SSSR count). The van der Waals surface area contributed by atoms with E-state index in [0.717, 1.165) is 10.9 Å². The third kappa shape index (κ3) is 2.58. The Kier molecular flexibility index (Phi) is 3.54. The first-order chi connectivity index (χ1) is 10.2. The number of aromatic nitrogens is 1. The summed E-state index contributed by atoms with van der Waals surface area (Å²) in [4.78, 5) is 15.5. The highest BCUT2D eigenvalue weighted by molar-refractivity contribution is 6.34. The van der Waals surface area contributed by atoms with E-state index in [0.29, 0.717) is 22.0 Å². The van der Waals surface area contributed by atoms with E-state index in [1.807, 2.05) is 30.3 Å². The SMILES string of the molecule is COc1ccc2[nH]cc(C(=O)Nc3ccccc3Cl)c2c1. The lowest BCUT2D eigenvalue weighted by molar-refractivity contribution is 0.102. The van der Waals surface area contributed by atoms with Crippen molar-refractivity contribution in [3.05, 3.63) is 59.2 Å². The second-order valence-electron chi connectivity index (χ2n) is 4.55. The molecule has 0 saturated heterocycles. The average Bonchev–Trinajstić information content (AvgIpc) is 2.92. The number of para-hydroxylation sites is 1. The van der Waals surface area contributed by atoms with Crippen molar-refractivity contribution < 1.29 is 9.53 Å². The number of hydrogen-bond donors (Lipinski definition) is 2. The summed E-state index contributed by atoms with van der Waals surface area (Å²) in [6.45, 7) is 0. The van der Waals surface area contributed by atoms with Gasteiger partial charge in [0.05, 0.1) is 23.4 Å². The van der Waals surface area contributed by atoms with Crippen LogP contribution in [-0.4, -0.2) is 18.0 Å². The van der Waals surface area contributed by atoms with Crippen LogP contribution in [0.2, 0.25) is 5.02 Å². The van der Waals surface area contributed by atoms with E-state index in [4.69, 9.17) is 16.3 Å². The molecule has 2 aromatic carbocycles. The molecule has 21 heavy (non-hydrogen) atoms. The zero-order valence-corrected chi connectivity index (χ0v) is 12.1. The molecule has 4 nitrogen and oxygen atoms in total. The lowest BCUT2D eigenvalue weighted by atomic mass is 10.1. The molecular weight excluding hydrogens is 288 g/mol. The molecule has 2 N–H and O–H groups in total. The van der Waals surface area contributed by atoms with Gasteiger partial charge < -0.3 is 15.0 Å². The Hall–Kier alpha value is -2.46. The normalized spacial score (nSPS) is 10.6. The zero-order valence-electron chi connectivity index (χ0n) is 11.3. The summed E-state index contributed by atoms with van der Waals surface area (Å²) in [6.07, 6.45) is 1.68. The molecule has 0 radical (unpaired) electrons. The molecule has 1 heterocycles. The molecule has 3 aromatic rings. The Morgan fingerprint density at radius 2 is 2.05 bits per heavy atom. The van der Waals surface area contributed by atoms with Gasteiger partial charge in [-0.3, -0.25) is 4.79 Å². The predicted molar refractivity (Wildman–Crippen MR) is 84.3 cm³/mol. The minimum Gasteiger partial charge on any atom is -0.497 e. The van der Waals surface area contributed by atoms with Gasteiger partial charge >= 0.3 is 0 Å². The quantitative estimate of drug-likeness (QED) is 0.765. The molecule has 0 bridgehead atoms. The number of ether oxygens (including phenoxy) is 1. The van der Waals surface area contributed by atoms with Gasteiger partial charge in [0.25, 0.3) is 5.91 Å². The van der Waals surface area contributed by atoms with Crippen LogP contribution in [0.25, 0.3) is 10.9 Å². The highest BCUT2D eigenvalue weighted by Gasteiger charge is 2.14. The average molecular weight is 301 g/mol. The van der Waals surface area contributed by atoms with Crippen molar-refractivity contribution in [2.45, 2.75) is 0 Å². The number of methoxy groups -OCH3 is 1. The molecule has 0 aliphatic heterocycles. The fourth-order valence-corrected chi connectivity index (χ4v) is 2.35. The Bertz CT molecular complexity index is 811. The van der Waals surface area contributed by atoms with Crippen molar-refractivity contribution in [3.8, 4) is 5.75 Å². The number of fused-ring (bicyclic) bond motifs is 1. The van der Waals surface area contributed by atoms with Gasteiger partial charge in [-0.15, -0.1) is 0 Å². The number of nitrogens with one attached hydrogen (secondary N) is 2. The predicted octanol–water partition coefficient (Wildman–Crippen LogP) is 4.08. The zero-order chi connectivity index (χ0) is 14.8. The number of amides is 1. The first kappa shape index (κ1) is 13.5. The number of carbonyl (C=O) groups is 1. The summed E-state index contributed by atoms with van der Waals surface area (Å²) in [5.74, 6) is 0.483. The number of hydrogen-bond acceptors (Lipinski definition) is 2. The molecule has 106 valence electrons. The smallest absolute Gasteiger partial charge is 0.257 e. The van der Waals surface area contributed by atoms with Crippen molar-refractivity contribution in [1.82, 2.24) is 4.98 Å². The number of carbonyl (C=O) groups excluding carboxylic acids is 1. The lowest BCUT2D eigenvalue weighted by Gasteiger charge is -2.06. The van der Waals surface area contributed by atoms with Crippen LogP contribution in [0.5, 0.6) is 5.75 Å². The van der Waals surface area contributed by atoms with Crippen LogP contribution in [0.15, 0.2) is 48.7 Å². The van der Waals surface area contributed by atoms with Gasteiger partial charge in [-0.2, -0.15) is 0 Å². The Morgan fingerprint density at radius 3 is 2.81 bits per heavy atom. The van der Waals surface area contributed by atoms with Gasteiger partial charge in [-0.1, -0.05) is 23.7 Å². The van der Waals surface area contributed by atoms with E-state index in [1.54, 1.807) is 25.4 Å². The summed E-state index contributed by atoms with van der Waals surface area (Å²) in [5.41, 5.74) is 2.00. The number of aromatic amines is 1. The fraction of sp³-hybridized carbons (Fsp3) is 0.0625. The molecule has 0 aliphatic rings. The highest BCUT2D eigenvalue weighted by Crippen LogP contribution is 2.26. The molecular formula is C16H13ClN2O2. The van der Waals surface area contributed by atoms with Crippen molar-refractivity contribution in [2.75, 3.05) is 12.4 Å². The maximum absolute atomic E-state index is 12.4. The van der Waals surface area contributed by atoms with E-state index < -0.39 is 0 Å². The van der Waals surface area contributed by atoms with E-state index in [1.165, 1.54) is 0 Å². The Morgan fingerprint density at radius 1 is 1.24 bits per heavy atom. The topological polar surface area (TPSA) is 54.1 Å². The molecule has 0 unspecified atom stereocenters. The first-order valence-corrected chi connectivity index (χ1v) is 6.78. The van der Waals surface area contributed by atoms with E-state index in [-0.39, 0.29) is 5.91 Å². The second kappa shape index (κ2) is 5.50. The molecule has 5 heteroatoms. The van der Waals surface area contributed by atoms with Gasteiger partial charge in [0.2, 0.25) is 0 Å². The second-order valence-corrected chi connectivity index (χ2v) is 4.96. The number of rotatable bonds is 3. The van der Waals surface area contributed by atoms with E-state index >= 15 is 0 Å². The maximum atomic E-state index is 12.4. The number of H-pyrrole nitrogens is 1. The standard InChI is InChI=1S/C16H13ClN2O2/c1-21-10-6-7-14-11(8-10)12(9-18-14)16(20)19-15-5-3-2-4-13(15)17/h2-9,18H,1H3,(H,19,20). The molecule has 0 spiro atoms. The fourth-order valence-electron chi connectivity index (χ4n) is 2.17. The summed E-state index contributed by atoms with van der Waals surface area (Å²) in [5, 5.41) is 4.12. The van der Waals surface area contributed by atoms with Gasteiger partial charge in [0.15, 0.2) is 0 Å². The lowest BCUT2D eigenvalue weighted by Crippen LogP contribution is -2.11. The van der Waals surface area contributed by atoms with Crippen molar-refractivity contribution in [1.29, 1.82) is 0 Å². The van der Waals surface area contributed by atoms with Crippen LogP contribution in [0.3, 0.4) is 0 Å². The van der Waals surface area contributed by atoms with Crippen molar-refractivity contribution >= 4 is 34.1 Å². The molecule has 1 amide bonds. The third-order valence-electron chi connectivity index (χ3n) is 3.26. The third-order valence-corrected chi connectivity index (χ3v) is 3.59. The largest absolute Gasteiger partial charge is 0.497 e. The van der Waals surface area contributed by atoms with Gasteiger partial charge in [0.1, 0.15) is 5.75 Å². The molecule has 0 aliphatic carbocycles. The monoisotopic (exact) mass is 300 g/mol. The maximum Gasteiger partial charge on any atom is 0.257 e. The minimum atomic E-state index is -0.220. The Labute approximate surface area is 126 Å². The number of benzene rings is 2. The molecule has 0 saturated carbocycles. The van der Waals surface area contributed by atoms with Crippen LogP contribution >= 0.6 is 11.6 Å². The first-order valence-electron chi connectivity index (χ1n) is 6.40. The number of halogens is 1. The van der Waals surface area contributed by atoms with Crippen LogP contribution in [-0.2, 0) is 0 Å². The van der Waals surface area contributed by atoms with Gasteiger partial charge in [0, 0.05) is 17.1 Å². The number of anilines is 1. The van der Waals surface area contributed by atoms with Crippen molar-refractivity contribution in [2.24, 2.45) is 0 Å². The van der Waals surface area contributed by atoms with Gasteiger partial charge in [-0.05, 0) is 30.3 Å². The van der Waals surface area contributed by atoms with E-state index in [2.05, 4.69) is 10.3 Å². The van der Waals surface area contributed by atoms with Crippen LogP contribution in [0.4, 0.5) is 5.69 Å². The highest BCUT2D eigenvalue weighted by atomic mass is 35.5.